The van der Waals surface area contributed by atoms with E-state index in [4.69, 9.17) is 27.9 Å². The van der Waals surface area contributed by atoms with Crippen molar-refractivity contribution in [3.05, 3.63) is 61.5 Å². The minimum atomic E-state index is -0.178. The Balaban J connectivity index is 2.11. The van der Waals surface area contributed by atoms with Crippen LogP contribution in [0.15, 0.2) is 34.8 Å². The first-order valence-corrected chi connectivity index (χ1v) is 7.56. The Morgan fingerprint density at radius 2 is 1.95 bits per heavy atom. The van der Waals surface area contributed by atoms with Crippen LogP contribution in [0.5, 0.6) is 5.75 Å². The second-order valence-electron chi connectivity index (χ2n) is 4.49. The number of hydrogen-bond donors (Lipinski definition) is 0. The van der Waals surface area contributed by atoms with Crippen molar-refractivity contribution in [2.45, 2.75) is 6.42 Å². The summed E-state index contributed by atoms with van der Waals surface area (Å²) in [4.78, 5) is 12.7. The Morgan fingerprint density at radius 1 is 1.15 bits per heavy atom. The van der Waals surface area contributed by atoms with Gasteiger partial charge in [-0.25, -0.2) is 0 Å². The van der Waals surface area contributed by atoms with Gasteiger partial charge >= 0.3 is 0 Å². The largest absolute Gasteiger partial charge is 0.492 e. The molecule has 0 atom stereocenters. The van der Waals surface area contributed by atoms with Gasteiger partial charge in [-0.3, -0.25) is 4.79 Å². The zero-order chi connectivity index (χ0) is 14.3. The first kappa shape index (κ1) is 13.9. The zero-order valence-corrected chi connectivity index (χ0v) is 13.3. The number of carbonyl (C=O) groups excluding carboxylic acids is 1. The molecule has 0 N–H and O–H groups in total. The van der Waals surface area contributed by atoms with Gasteiger partial charge in [-0.2, -0.15) is 0 Å². The van der Waals surface area contributed by atoms with E-state index in [0.29, 0.717) is 33.5 Å². The van der Waals surface area contributed by atoms with E-state index in [9.17, 15) is 4.79 Å². The summed E-state index contributed by atoms with van der Waals surface area (Å²) in [5.41, 5.74) is 1.87. The minimum Gasteiger partial charge on any atom is -0.492 e. The Morgan fingerprint density at radius 3 is 2.70 bits per heavy atom. The fourth-order valence-corrected chi connectivity index (χ4v) is 3.26. The van der Waals surface area contributed by atoms with E-state index in [-0.39, 0.29) is 5.78 Å². The molecule has 20 heavy (non-hydrogen) atoms. The third-order valence-electron chi connectivity index (χ3n) is 3.17. The molecule has 2 nitrogen and oxygen atoms in total. The van der Waals surface area contributed by atoms with Gasteiger partial charge in [0.1, 0.15) is 5.75 Å². The number of rotatable bonds is 2. The first-order valence-electron chi connectivity index (χ1n) is 6.01. The second kappa shape index (κ2) is 5.40. The van der Waals surface area contributed by atoms with Crippen molar-refractivity contribution in [1.29, 1.82) is 0 Å². The van der Waals surface area contributed by atoms with Crippen LogP contribution in [0.4, 0.5) is 0 Å². The lowest BCUT2D eigenvalue weighted by molar-refractivity contribution is 0.103. The Kier molecular flexibility index (Phi) is 3.76. The first-order chi connectivity index (χ1) is 9.56. The molecule has 0 saturated heterocycles. The number of hydrogen-bond acceptors (Lipinski definition) is 2. The van der Waals surface area contributed by atoms with Crippen LogP contribution in [0.25, 0.3) is 0 Å². The fourth-order valence-electron chi connectivity index (χ4n) is 2.26. The molecule has 2 aromatic carbocycles. The zero-order valence-electron chi connectivity index (χ0n) is 10.3. The summed E-state index contributed by atoms with van der Waals surface area (Å²) in [6.07, 6.45) is 0.768. The highest BCUT2D eigenvalue weighted by Crippen LogP contribution is 2.35. The molecule has 0 spiro atoms. The molecule has 1 aliphatic rings. The standard InChI is InChI=1S/C15H9BrCl2O2/c16-9-1-2-11(13(18)6-9)14(19)12-7-10(17)5-8-3-4-20-15(8)12/h1-2,5-7H,3-4H2. The van der Waals surface area contributed by atoms with Gasteiger partial charge in [0.2, 0.25) is 0 Å². The molecule has 3 rings (SSSR count). The van der Waals surface area contributed by atoms with Crippen molar-refractivity contribution in [3.63, 3.8) is 0 Å². The third kappa shape index (κ3) is 2.46. The molecular formula is C15H9BrCl2O2. The Hall–Kier alpha value is -1.03. The molecule has 102 valence electrons. The minimum absolute atomic E-state index is 0.178. The number of fused-ring (bicyclic) bond motifs is 1. The van der Waals surface area contributed by atoms with Crippen LogP contribution >= 0.6 is 39.1 Å². The molecule has 0 amide bonds. The Bertz CT molecular complexity index is 713. The lowest BCUT2D eigenvalue weighted by Gasteiger charge is -2.09. The van der Waals surface area contributed by atoms with Crippen LogP contribution in [0, 0.1) is 0 Å². The molecule has 0 bridgehead atoms. The maximum atomic E-state index is 12.7. The number of halogens is 3. The van der Waals surface area contributed by atoms with E-state index in [1.165, 1.54) is 0 Å². The van der Waals surface area contributed by atoms with Crippen LogP contribution in [-0.2, 0) is 6.42 Å². The quantitative estimate of drug-likeness (QED) is 0.700. The Labute approximate surface area is 134 Å². The summed E-state index contributed by atoms with van der Waals surface area (Å²) < 4.78 is 6.38. The maximum Gasteiger partial charge on any atom is 0.198 e. The van der Waals surface area contributed by atoms with Crippen molar-refractivity contribution < 1.29 is 9.53 Å². The van der Waals surface area contributed by atoms with Crippen LogP contribution in [0.3, 0.4) is 0 Å². The number of benzene rings is 2. The van der Waals surface area contributed by atoms with Crippen molar-refractivity contribution >= 4 is 44.9 Å². The van der Waals surface area contributed by atoms with Gasteiger partial charge in [0.25, 0.3) is 0 Å². The van der Waals surface area contributed by atoms with E-state index in [1.807, 2.05) is 6.07 Å². The monoisotopic (exact) mass is 370 g/mol. The predicted molar refractivity (Wildman–Crippen MR) is 83.2 cm³/mol. The SMILES string of the molecule is O=C(c1ccc(Br)cc1Cl)c1cc(Cl)cc2c1OCC2. The number of ether oxygens (including phenoxy) is 1. The van der Waals surface area contributed by atoms with Gasteiger partial charge in [0.05, 0.1) is 17.2 Å². The molecule has 5 heteroatoms. The second-order valence-corrected chi connectivity index (χ2v) is 6.25. The topological polar surface area (TPSA) is 26.3 Å². The van der Waals surface area contributed by atoms with Gasteiger partial charge in [0.15, 0.2) is 5.78 Å². The average Bonchev–Trinajstić information content (AvgIpc) is 2.85. The van der Waals surface area contributed by atoms with E-state index >= 15 is 0 Å². The predicted octanol–water partition coefficient (Wildman–Crippen LogP) is 4.92. The molecular weight excluding hydrogens is 363 g/mol. The lowest BCUT2D eigenvalue weighted by Crippen LogP contribution is -2.04. The highest BCUT2D eigenvalue weighted by atomic mass is 79.9. The third-order valence-corrected chi connectivity index (χ3v) is 4.19. The number of ketones is 1. The fraction of sp³-hybridized carbons (Fsp3) is 0.133. The molecule has 0 radical (unpaired) electrons. The average molecular weight is 372 g/mol. The van der Waals surface area contributed by atoms with Gasteiger partial charge in [-0.15, -0.1) is 0 Å². The summed E-state index contributed by atoms with van der Waals surface area (Å²) in [5, 5.41) is 0.932. The molecule has 1 heterocycles. The molecule has 0 unspecified atom stereocenters. The van der Waals surface area contributed by atoms with E-state index < -0.39 is 0 Å². The highest BCUT2D eigenvalue weighted by Gasteiger charge is 2.24. The molecule has 2 aromatic rings. The van der Waals surface area contributed by atoms with Crippen LogP contribution < -0.4 is 4.74 Å². The van der Waals surface area contributed by atoms with E-state index in [1.54, 1.807) is 24.3 Å². The summed E-state index contributed by atoms with van der Waals surface area (Å²) in [7, 11) is 0. The van der Waals surface area contributed by atoms with Crippen molar-refractivity contribution in [3.8, 4) is 5.75 Å². The summed E-state index contributed by atoms with van der Waals surface area (Å²) in [5.74, 6) is 0.446. The molecule has 0 saturated carbocycles. The molecule has 0 aliphatic carbocycles. The van der Waals surface area contributed by atoms with E-state index in [2.05, 4.69) is 15.9 Å². The summed E-state index contributed by atoms with van der Waals surface area (Å²) in [6.45, 7) is 0.573. The molecule has 0 aromatic heterocycles. The molecule has 0 fully saturated rings. The number of carbonyl (C=O) groups is 1. The van der Waals surface area contributed by atoms with Crippen LogP contribution in [0.2, 0.25) is 10.0 Å². The van der Waals surface area contributed by atoms with Crippen molar-refractivity contribution in [2.75, 3.05) is 6.61 Å². The smallest absolute Gasteiger partial charge is 0.198 e. The van der Waals surface area contributed by atoms with Crippen molar-refractivity contribution in [2.24, 2.45) is 0 Å². The van der Waals surface area contributed by atoms with Gasteiger partial charge in [-0.1, -0.05) is 39.1 Å². The van der Waals surface area contributed by atoms with Crippen LogP contribution in [0.1, 0.15) is 21.5 Å². The lowest BCUT2D eigenvalue weighted by atomic mass is 10.00. The van der Waals surface area contributed by atoms with Gasteiger partial charge < -0.3 is 4.74 Å². The van der Waals surface area contributed by atoms with Gasteiger partial charge in [0, 0.05) is 21.5 Å². The summed E-state index contributed by atoms with van der Waals surface area (Å²) in [6, 6.07) is 8.64. The maximum absolute atomic E-state index is 12.7. The highest BCUT2D eigenvalue weighted by molar-refractivity contribution is 9.10. The normalized spacial score (nSPS) is 12.9. The van der Waals surface area contributed by atoms with Crippen molar-refractivity contribution in [1.82, 2.24) is 0 Å². The molecule has 1 aliphatic heterocycles. The van der Waals surface area contributed by atoms with Gasteiger partial charge in [-0.05, 0) is 35.9 Å². The van der Waals surface area contributed by atoms with Crippen LogP contribution in [-0.4, -0.2) is 12.4 Å². The summed E-state index contributed by atoms with van der Waals surface area (Å²) >= 11 is 15.5. The van der Waals surface area contributed by atoms with E-state index in [0.717, 1.165) is 16.5 Å².